The van der Waals surface area contributed by atoms with Gasteiger partial charge in [0.05, 0.1) is 25.3 Å². The molecule has 0 fully saturated rings. The molecule has 0 saturated carbocycles. The molecule has 0 aliphatic rings. The van der Waals surface area contributed by atoms with Gasteiger partial charge in [-0.3, -0.25) is 9.36 Å². The molecule has 168 valence electrons. The van der Waals surface area contributed by atoms with Crippen molar-refractivity contribution in [3.8, 4) is 0 Å². The molecule has 3 rings (SSSR count). The summed E-state index contributed by atoms with van der Waals surface area (Å²) in [5.74, 6) is 0.808. The minimum atomic E-state index is 0. The number of aromatic nitrogens is 4. The molecule has 0 bridgehead atoms. The molecule has 1 aromatic carbocycles. The van der Waals surface area contributed by atoms with E-state index in [9.17, 15) is 0 Å². The van der Waals surface area contributed by atoms with Crippen LogP contribution in [0.1, 0.15) is 29.7 Å². The second kappa shape index (κ2) is 12.5. The van der Waals surface area contributed by atoms with Crippen LogP contribution < -0.4 is 10.6 Å². The van der Waals surface area contributed by atoms with Crippen molar-refractivity contribution in [1.29, 1.82) is 0 Å². The normalized spacial score (nSPS) is 12.5. The summed E-state index contributed by atoms with van der Waals surface area (Å²) in [5, 5.41) is 15.5. The van der Waals surface area contributed by atoms with Gasteiger partial charge in [0.2, 0.25) is 0 Å². The Labute approximate surface area is 201 Å². The number of hydrogen-bond acceptors (Lipinski definition) is 4. The lowest BCUT2D eigenvalue weighted by Crippen LogP contribution is -2.41. The molecule has 0 aliphatic carbocycles. The Morgan fingerprint density at radius 3 is 2.52 bits per heavy atom. The fraction of sp³-hybridized carbons (Fsp3) is 0.409. The molecule has 2 N–H and O–H groups in total. The number of hydrogen-bond donors (Lipinski definition) is 2. The first-order valence-corrected chi connectivity index (χ1v) is 10.3. The van der Waals surface area contributed by atoms with E-state index in [1.807, 2.05) is 34.9 Å². The molecule has 0 amide bonds. The third kappa shape index (κ3) is 7.35. The maximum atomic E-state index is 4.83. The van der Waals surface area contributed by atoms with Crippen molar-refractivity contribution in [3.05, 3.63) is 71.8 Å². The average molecular weight is 536 g/mol. The lowest BCUT2D eigenvalue weighted by atomic mass is 10.1. The van der Waals surface area contributed by atoms with Gasteiger partial charge in [-0.2, -0.15) is 10.2 Å². The summed E-state index contributed by atoms with van der Waals surface area (Å²) in [5.41, 5.74) is 3.60. The Hall–Kier alpha value is -2.40. The van der Waals surface area contributed by atoms with Crippen molar-refractivity contribution in [2.75, 3.05) is 27.2 Å². The molecule has 0 aliphatic heterocycles. The third-order valence-corrected chi connectivity index (χ3v) is 4.96. The Morgan fingerprint density at radius 1 is 1.13 bits per heavy atom. The molecule has 0 saturated heterocycles. The lowest BCUT2D eigenvalue weighted by molar-refractivity contribution is 0.298. The van der Waals surface area contributed by atoms with Crippen LogP contribution in [0.5, 0.6) is 0 Å². The number of nitrogens with zero attached hydrogens (tertiary/aromatic N) is 6. The number of likely N-dealkylation sites (N-methyl/N-ethyl adjacent to an activating group) is 1. The monoisotopic (exact) mass is 536 g/mol. The van der Waals surface area contributed by atoms with E-state index in [0.29, 0.717) is 6.54 Å². The van der Waals surface area contributed by atoms with E-state index < -0.39 is 0 Å². The summed E-state index contributed by atoms with van der Waals surface area (Å²) in [6.45, 7) is 4.96. The van der Waals surface area contributed by atoms with Crippen molar-refractivity contribution >= 4 is 29.9 Å². The first kappa shape index (κ1) is 24.9. The zero-order chi connectivity index (χ0) is 21.3. The van der Waals surface area contributed by atoms with Crippen LogP contribution in [0.2, 0.25) is 0 Å². The van der Waals surface area contributed by atoms with E-state index in [1.165, 1.54) is 16.7 Å². The molecular weight excluding hydrogens is 503 g/mol. The molecule has 31 heavy (non-hydrogen) atoms. The summed E-state index contributed by atoms with van der Waals surface area (Å²) in [4.78, 5) is 7.02. The molecular formula is C22H33IN8. The van der Waals surface area contributed by atoms with Crippen LogP contribution >= 0.6 is 24.0 Å². The summed E-state index contributed by atoms with van der Waals surface area (Å²) in [6, 6.07) is 10.5. The molecule has 3 aromatic rings. The van der Waals surface area contributed by atoms with Crippen molar-refractivity contribution in [2.24, 2.45) is 12.0 Å². The van der Waals surface area contributed by atoms with Crippen molar-refractivity contribution in [1.82, 2.24) is 35.1 Å². The number of guanidine groups is 1. The number of aryl methyl sites for hydroxylation is 1. The Bertz CT molecular complexity index is 933. The minimum Gasteiger partial charge on any atom is -0.357 e. The van der Waals surface area contributed by atoms with Gasteiger partial charge in [-0.1, -0.05) is 24.3 Å². The fourth-order valence-electron chi connectivity index (χ4n) is 3.34. The highest BCUT2D eigenvalue weighted by atomic mass is 127. The SMILES string of the molecule is CCNC(=NCc1ccccc1Cn1cccn1)NCC(c1cnn(C)c1)N(C)C.I. The maximum Gasteiger partial charge on any atom is 0.191 e. The van der Waals surface area contributed by atoms with Crippen molar-refractivity contribution in [2.45, 2.75) is 26.1 Å². The van der Waals surface area contributed by atoms with Gasteiger partial charge in [-0.25, -0.2) is 4.99 Å². The van der Waals surface area contributed by atoms with Crippen LogP contribution in [0.15, 0.2) is 60.1 Å². The number of rotatable bonds is 9. The maximum absolute atomic E-state index is 4.83. The van der Waals surface area contributed by atoms with Gasteiger partial charge < -0.3 is 15.5 Å². The van der Waals surface area contributed by atoms with Crippen molar-refractivity contribution in [3.63, 3.8) is 0 Å². The van der Waals surface area contributed by atoms with Gasteiger partial charge in [0, 0.05) is 44.3 Å². The molecule has 2 aromatic heterocycles. The average Bonchev–Trinajstić information content (AvgIpc) is 3.39. The molecule has 9 heteroatoms. The van der Waals surface area contributed by atoms with Gasteiger partial charge in [0.15, 0.2) is 5.96 Å². The number of aliphatic imine (C=N–C) groups is 1. The summed E-state index contributed by atoms with van der Waals surface area (Å²) >= 11 is 0. The predicted molar refractivity (Wildman–Crippen MR) is 136 cm³/mol. The van der Waals surface area contributed by atoms with Gasteiger partial charge in [-0.05, 0) is 38.2 Å². The summed E-state index contributed by atoms with van der Waals surface area (Å²) < 4.78 is 3.77. The lowest BCUT2D eigenvalue weighted by Gasteiger charge is -2.24. The van der Waals surface area contributed by atoms with Crippen LogP contribution in [0.25, 0.3) is 0 Å². The standard InChI is InChI=1S/C22H32N8.HI/c1-5-23-22(25-15-21(28(2)3)20-14-27-29(4)16-20)24-13-18-9-6-7-10-19(18)17-30-12-8-11-26-30;/h6-12,14,16,21H,5,13,15,17H2,1-4H3,(H2,23,24,25);1H. The van der Waals surface area contributed by atoms with Gasteiger partial charge >= 0.3 is 0 Å². The van der Waals surface area contributed by atoms with Crippen molar-refractivity contribution < 1.29 is 0 Å². The first-order chi connectivity index (χ1) is 14.6. The van der Waals surface area contributed by atoms with Gasteiger partial charge in [-0.15, -0.1) is 24.0 Å². The minimum absolute atomic E-state index is 0. The van der Waals surface area contributed by atoms with Crippen LogP contribution in [0.3, 0.4) is 0 Å². The number of halogens is 1. The molecule has 8 nitrogen and oxygen atoms in total. The highest BCUT2D eigenvalue weighted by molar-refractivity contribution is 14.0. The van der Waals surface area contributed by atoms with Gasteiger partial charge in [0.25, 0.3) is 0 Å². The van der Waals surface area contributed by atoms with Crippen LogP contribution in [-0.2, 0) is 20.1 Å². The van der Waals surface area contributed by atoms with Gasteiger partial charge in [0.1, 0.15) is 0 Å². The quantitative estimate of drug-likeness (QED) is 0.250. The van der Waals surface area contributed by atoms with E-state index in [0.717, 1.165) is 25.6 Å². The second-order valence-corrected chi connectivity index (χ2v) is 7.48. The van der Waals surface area contributed by atoms with Crippen LogP contribution in [-0.4, -0.2) is 57.6 Å². The zero-order valence-electron chi connectivity index (χ0n) is 18.7. The van der Waals surface area contributed by atoms with Crippen LogP contribution in [0, 0.1) is 0 Å². The molecule has 1 unspecified atom stereocenters. The van der Waals surface area contributed by atoms with E-state index in [2.05, 4.69) is 77.2 Å². The Morgan fingerprint density at radius 2 is 1.90 bits per heavy atom. The smallest absolute Gasteiger partial charge is 0.191 e. The fourth-order valence-corrected chi connectivity index (χ4v) is 3.34. The van der Waals surface area contributed by atoms with E-state index >= 15 is 0 Å². The van der Waals surface area contributed by atoms with E-state index in [1.54, 1.807) is 6.20 Å². The van der Waals surface area contributed by atoms with E-state index in [-0.39, 0.29) is 30.0 Å². The first-order valence-electron chi connectivity index (χ1n) is 10.3. The molecule has 1 atom stereocenters. The molecule has 2 heterocycles. The number of nitrogens with one attached hydrogen (secondary N) is 2. The topological polar surface area (TPSA) is 75.3 Å². The predicted octanol–water partition coefficient (Wildman–Crippen LogP) is 2.64. The Kier molecular flexibility index (Phi) is 9.99. The molecule has 0 spiro atoms. The Balaban J connectivity index is 0.00000341. The second-order valence-electron chi connectivity index (χ2n) is 7.48. The largest absolute Gasteiger partial charge is 0.357 e. The summed E-state index contributed by atoms with van der Waals surface area (Å²) in [6.07, 6.45) is 7.76. The highest BCUT2D eigenvalue weighted by Gasteiger charge is 2.16. The number of benzene rings is 1. The zero-order valence-corrected chi connectivity index (χ0v) is 21.0. The third-order valence-electron chi connectivity index (χ3n) is 4.96. The molecule has 0 radical (unpaired) electrons. The van der Waals surface area contributed by atoms with Crippen LogP contribution in [0.4, 0.5) is 0 Å². The summed E-state index contributed by atoms with van der Waals surface area (Å²) in [7, 11) is 6.10. The van der Waals surface area contributed by atoms with E-state index in [4.69, 9.17) is 4.99 Å². The highest BCUT2D eigenvalue weighted by Crippen LogP contribution is 2.16.